The van der Waals surface area contributed by atoms with Crippen molar-refractivity contribution in [2.24, 2.45) is 0 Å². The van der Waals surface area contributed by atoms with Crippen molar-refractivity contribution in [2.45, 2.75) is 31.2 Å². The van der Waals surface area contributed by atoms with Crippen LogP contribution in [0.3, 0.4) is 0 Å². The molecule has 0 aromatic heterocycles. The van der Waals surface area contributed by atoms with E-state index in [0.29, 0.717) is 5.56 Å². The Kier molecular flexibility index (Phi) is 6.39. The van der Waals surface area contributed by atoms with Crippen molar-refractivity contribution in [2.75, 3.05) is 17.6 Å². The quantitative estimate of drug-likeness (QED) is 0.538. The molecule has 1 aromatic rings. The SMILES string of the molecule is Cc1ccc(S(=O)(=O)N[C@H](CC(=O)O)C(=O)O)c(C)c1N(C)S(C)(=O)=O. The molecule has 0 saturated carbocycles. The average molecular weight is 408 g/mol. The van der Waals surface area contributed by atoms with Crippen molar-refractivity contribution in [1.82, 2.24) is 4.72 Å². The first-order chi connectivity index (χ1) is 11.7. The van der Waals surface area contributed by atoms with E-state index in [2.05, 4.69) is 0 Å². The van der Waals surface area contributed by atoms with E-state index < -0.39 is 44.4 Å². The Morgan fingerprint density at radius 3 is 2.12 bits per heavy atom. The van der Waals surface area contributed by atoms with Crippen LogP contribution in [-0.2, 0) is 29.6 Å². The Balaban J connectivity index is 3.47. The summed E-state index contributed by atoms with van der Waals surface area (Å²) in [6, 6.07) is 0.715. The summed E-state index contributed by atoms with van der Waals surface area (Å²) in [4.78, 5) is 21.5. The maximum Gasteiger partial charge on any atom is 0.322 e. The fourth-order valence-corrected chi connectivity index (χ4v) is 4.41. The van der Waals surface area contributed by atoms with Gasteiger partial charge in [-0.05, 0) is 31.0 Å². The molecule has 0 bridgehead atoms. The number of hydrogen-bond acceptors (Lipinski definition) is 6. The normalized spacial score (nSPS) is 13.2. The Bertz CT molecular complexity index is 938. The van der Waals surface area contributed by atoms with E-state index >= 15 is 0 Å². The Hall–Kier alpha value is -2.18. The number of anilines is 1. The lowest BCUT2D eigenvalue weighted by Gasteiger charge is -2.23. The molecule has 10 nitrogen and oxygen atoms in total. The van der Waals surface area contributed by atoms with E-state index in [9.17, 15) is 26.4 Å². The van der Waals surface area contributed by atoms with Crippen LogP contribution in [0.2, 0.25) is 0 Å². The lowest BCUT2D eigenvalue weighted by Crippen LogP contribution is -2.42. The number of sulfonamides is 2. The fourth-order valence-electron chi connectivity index (χ4n) is 2.36. The number of aryl methyl sites for hydroxylation is 1. The van der Waals surface area contributed by atoms with Crippen LogP contribution in [0.25, 0.3) is 0 Å². The van der Waals surface area contributed by atoms with Gasteiger partial charge in [-0.1, -0.05) is 6.07 Å². The van der Waals surface area contributed by atoms with Crippen LogP contribution in [0.5, 0.6) is 0 Å². The first-order valence-corrected chi connectivity index (χ1v) is 10.5. The number of carboxylic acids is 2. The predicted molar refractivity (Wildman–Crippen MR) is 93.2 cm³/mol. The van der Waals surface area contributed by atoms with Crippen molar-refractivity contribution >= 4 is 37.7 Å². The van der Waals surface area contributed by atoms with Crippen LogP contribution < -0.4 is 9.03 Å². The van der Waals surface area contributed by atoms with Gasteiger partial charge in [0.15, 0.2) is 0 Å². The van der Waals surface area contributed by atoms with Gasteiger partial charge in [0.05, 0.1) is 23.3 Å². The number of carboxylic acid groups (broad SMARTS) is 2. The van der Waals surface area contributed by atoms with Gasteiger partial charge in [-0.3, -0.25) is 13.9 Å². The lowest BCUT2D eigenvalue weighted by molar-refractivity contribution is -0.145. The monoisotopic (exact) mass is 408 g/mol. The fraction of sp³-hybridized carbons (Fsp3) is 0.429. The van der Waals surface area contributed by atoms with Gasteiger partial charge >= 0.3 is 11.9 Å². The molecule has 0 saturated heterocycles. The molecule has 0 unspecified atom stereocenters. The zero-order chi connectivity index (χ0) is 20.4. The minimum Gasteiger partial charge on any atom is -0.481 e. The van der Waals surface area contributed by atoms with Gasteiger partial charge < -0.3 is 10.2 Å². The largest absolute Gasteiger partial charge is 0.481 e. The lowest BCUT2D eigenvalue weighted by atomic mass is 10.1. The van der Waals surface area contributed by atoms with E-state index in [1.54, 1.807) is 6.92 Å². The van der Waals surface area contributed by atoms with E-state index in [0.717, 1.165) is 10.6 Å². The van der Waals surface area contributed by atoms with Gasteiger partial charge in [-0.2, -0.15) is 4.72 Å². The van der Waals surface area contributed by atoms with Crippen LogP contribution in [0.4, 0.5) is 5.69 Å². The van der Waals surface area contributed by atoms with Crippen molar-refractivity contribution in [3.8, 4) is 0 Å². The highest BCUT2D eigenvalue weighted by molar-refractivity contribution is 7.92. The van der Waals surface area contributed by atoms with E-state index in [1.165, 1.54) is 26.1 Å². The summed E-state index contributed by atoms with van der Waals surface area (Å²) in [5.41, 5.74) is 0.722. The topological polar surface area (TPSA) is 158 Å². The zero-order valence-corrected chi connectivity index (χ0v) is 16.2. The summed E-state index contributed by atoms with van der Waals surface area (Å²) in [6.07, 6.45) is 0.00813. The molecule has 0 spiro atoms. The minimum absolute atomic E-state index is 0.0879. The molecule has 146 valence electrons. The standard InChI is InChI=1S/C14H20N2O8S2/c1-8-5-6-11(9(2)13(8)16(3)25(4,21)22)26(23,24)15-10(14(19)20)7-12(17)18/h5-6,10,15H,7H2,1-4H3,(H,17,18)(H,19,20)/t10-/m1/s1. The summed E-state index contributed by atoms with van der Waals surface area (Å²) in [5, 5.41) is 17.7. The first kappa shape index (κ1) is 21.9. The number of benzene rings is 1. The molecule has 0 aliphatic rings. The number of carbonyl (C=O) groups is 2. The molecule has 1 rings (SSSR count). The molecular weight excluding hydrogens is 388 g/mol. The van der Waals surface area contributed by atoms with Crippen LogP contribution >= 0.6 is 0 Å². The average Bonchev–Trinajstić information content (AvgIpc) is 2.44. The van der Waals surface area contributed by atoms with Crippen LogP contribution in [0.15, 0.2) is 17.0 Å². The summed E-state index contributed by atoms with van der Waals surface area (Å²) in [7, 11) is -6.82. The Morgan fingerprint density at radius 1 is 1.15 bits per heavy atom. The van der Waals surface area contributed by atoms with Gasteiger partial charge in [0.1, 0.15) is 6.04 Å². The minimum atomic E-state index is -4.41. The smallest absolute Gasteiger partial charge is 0.322 e. The van der Waals surface area contributed by atoms with Gasteiger partial charge in [0, 0.05) is 7.05 Å². The molecule has 0 radical (unpaired) electrons. The molecule has 0 aliphatic carbocycles. The van der Waals surface area contributed by atoms with Crippen LogP contribution in [-0.4, -0.2) is 58.3 Å². The summed E-state index contributed by atoms with van der Waals surface area (Å²) in [5.74, 6) is -3.13. The maximum absolute atomic E-state index is 12.5. The molecule has 1 atom stereocenters. The first-order valence-electron chi connectivity index (χ1n) is 7.19. The molecule has 3 N–H and O–H groups in total. The zero-order valence-electron chi connectivity index (χ0n) is 14.5. The number of hydrogen-bond donors (Lipinski definition) is 3. The van der Waals surface area contributed by atoms with Crippen LogP contribution in [0.1, 0.15) is 17.5 Å². The van der Waals surface area contributed by atoms with Gasteiger partial charge in [-0.25, -0.2) is 16.8 Å². The van der Waals surface area contributed by atoms with E-state index in [4.69, 9.17) is 10.2 Å². The number of aliphatic carboxylic acids is 2. The maximum atomic E-state index is 12.5. The summed E-state index contributed by atoms with van der Waals surface area (Å²) >= 11 is 0. The molecule has 1 aromatic carbocycles. The number of nitrogens with one attached hydrogen (secondary N) is 1. The highest BCUT2D eigenvalue weighted by atomic mass is 32.2. The van der Waals surface area contributed by atoms with Gasteiger partial charge in [0.25, 0.3) is 0 Å². The summed E-state index contributed by atoms with van der Waals surface area (Å²) in [6.45, 7) is 2.98. The predicted octanol–water partition coefficient (Wildman–Crippen LogP) is -0.0946. The second-order valence-corrected chi connectivity index (χ2v) is 9.39. The van der Waals surface area contributed by atoms with Gasteiger partial charge in [-0.15, -0.1) is 0 Å². The number of rotatable bonds is 8. The second-order valence-electron chi connectivity index (χ2n) is 5.69. The third-order valence-electron chi connectivity index (χ3n) is 3.66. The molecule has 12 heteroatoms. The molecule has 0 aliphatic heterocycles. The third kappa shape index (κ3) is 4.93. The van der Waals surface area contributed by atoms with E-state index in [-0.39, 0.29) is 16.1 Å². The van der Waals surface area contributed by atoms with Crippen molar-refractivity contribution in [1.29, 1.82) is 0 Å². The van der Waals surface area contributed by atoms with Crippen molar-refractivity contribution < 1.29 is 36.6 Å². The van der Waals surface area contributed by atoms with Crippen molar-refractivity contribution in [3.05, 3.63) is 23.3 Å². The highest BCUT2D eigenvalue weighted by Gasteiger charge is 2.30. The molecule has 26 heavy (non-hydrogen) atoms. The van der Waals surface area contributed by atoms with E-state index in [1.807, 2.05) is 4.72 Å². The molecule has 0 amide bonds. The van der Waals surface area contributed by atoms with Crippen LogP contribution in [0, 0.1) is 13.8 Å². The molecular formula is C14H20N2O8S2. The Morgan fingerprint density at radius 2 is 1.69 bits per heavy atom. The molecule has 0 heterocycles. The number of nitrogens with zero attached hydrogens (tertiary/aromatic N) is 1. The third-order valence-corrected chi connectivity index (χ3v) is 6.45. The van der Waals surface area contributed by atoms with Crippen molar-refractivity contribution in [3.63, 3.8) is 0 Å². The second kappa shape index (κ2) is 7.60. The summed E-state index contributed by atoms with van der Waals surface area (Å²) < 4.78 is 51.5. The van der Waals surface area contributed by atoms with Gasteiger partial charge in [0.2, 0.25) is 20.0 Å². The Labute approximate surface area is 151 Å². The molecule has 0 fully saturated rings. The highest BCUT2D eigenvalue weighted by Crippen LogP contribution is 2.30.